The van der Waals surface area contributed by atoms with E-state index in [1.165, 1.54) is 31.3 Å². The Morgan fingerprint density at radius 1 is 0.255 bits per heavy atom. The Hall–Kier alpha value is -7.01. The fraction of sp³-hybridized carbons (Fsp3) is 0. The maximum Gasteiger partial charge on any atom is 0.164 e. The Labute approximate surface area is 323 Å². The zero-order valence-corrected chi connectivity index (χ0v) is 30.6. The molecule has 0 amide bonds. The van der Waals surface area contributed by atoms with Gasteiger partial charge in [0.05, 0.1) is 0 Å². The summed E-state index contributed by atoms with van der Waals surface area (Å²) >= 11 is 1.85. The molecule has 55 heavy (non-hydrogen) atoms. The van der Waals surface area contributed by atoms with Crippen molar-refractivity contribution in [1.82, 2.24) is 15.0 Å². The molecule has 258 valence electrons. The second-order valence-corrected chi connectivity index (χ2v) is 14.7. The third kappa shape index (κ3) is 6.39. The first-order valence-electron chi connectivity index (χ1n) is 18.4. The minimum atomic E-state index is 0.626. The van der Waals surface area contributed by atoms with Crippen molar-refractivity contribution in [3.8, 4) is 78.7 Å². The third-order valence-electron chi connectivity index (χ3n) is 10.1. The maximum atomic E-state index is 5.19. The Morgan fingerprint density at radius 3 is 1.35 bits per heavy atom. The van der Waals surface area contributed by atoms with E-state index in [2.05, 4.69) is 182 Å². The molecule has 0 aliphatic heterocycles. The maximum absolute atomic E-state index is 5.19. The Kier molecular flexibility index (Phi) is 8.36. The van der Waals surface area contributed by atoms with Gasteiger partial charge in [-0.2, -0.15) is 0 Å². The van der Waals surface area contributed by atoms with E-state index in [4.69, 9.17) is 15.0 Å². The Morgan fingerprint density at radius 2 is 0.691 bits per heavy atom. The average molecular weight is 720 g/mol. The summed E-state index contributed by atoms with van der Waals surface area (Å²) in [5.74, 6) is 1.89. The van der Waals surface area contributed by atoms with Crippen LogP contribution in [0.5, 0.6) is 0 Å². The van der Waals surface area contributed by atoms with Gasteiger partial charge in [-0.25, -0.2) is 15.0 Å². The van der Waals surface area contributed by atoms with Crippen LogP contribution in [-0.2, 0) is 0 Å². The highest BCUT2D eigenvalue weighted by Gasteiger charge is 2.17. The summed E-state index contributed by atoms with van der Waals surface area (Å²) in [6, 6.07) is 70.5. The number of benzene rings is 8. The van der Waals surface area contributed by atoms with Crippen LogP contribution < -0.4 is 0 Å². The monoisotopic (exact) mass is 719 g/mol. The van der Waals surface area contributed by atoms with Crippen LogP contribution >= 0.6 is 11.3 Å². The van der Waals surface area contributed by atoms with Crippen LogP contribution in [0, 0.1) is 0 Å². The SMILES string of the molecule is c1ccc(-c2cccc(-c3nc(-c4cccc(-c5cccc(-c6ccc7c(c6)sc6ccccc67)c5)c4)nc(-c4ccccc4-c4ccccc4)n3)c2)cc1. The van der Waals surface area contributed by atoms with E-state index >= 15 is 0 Å². The van der Waals surface area contributed by atoms with Gasteiger partial charge in [-0.05, 0) is 74.8 Å². The summed E-state index contributed by atoms with van der Waals surface area (Å²) in [6.45, 7) is 0. The molecule has 2 aromatic heterocycles. The first kappa shape index (κ1) is 32.6. The van der Waals surface area contributed by atoms with Crippen molar-refractivity contribution in [2.24, 2.45) is 0 Å². The molecule has 0 spiro atoms. The second kappa shape index (κ2) is 14.1. The van der Waals surface area contributed by atoms with Crippen LogP contribution in [0.3, 0.4) is 0 Å². The van der Waals surface area contributed by atoms with E-state index in [0.29, 0.717) is 17.5 Å². The minimum Gasteiger partial charge on any atom is -0.208 e. The van der Waals surface area contributed by atoms with Crippen LogP contribution in [0.15, 0.2) is 200 Å². The van der Waals surface area contributed by atoms with Crippen LogP contribution in [0.25, 0.3) is 98.8 Å². The molecule has 0 atom stereocenters. The number of aromatic nitrogens is 3. The van der Waals surface area contributed by atoms with Gasteiger partial charge in [-0.15, -0.1) is 11.3 Å². The molecule has 0 unspecified atom stereocenters. The highest BCUT2D eigenvalue weighted by Crippen LogP contribution is 2.38. The summed E-state index contributed by atoms with van der Waals surface area (Å²) in [6.07, 6.45) is 0. The first-order valence-corrected chi connectivity index (χ1v) is 19.2. The van der Waals surface area contributed by atoms with E-state index in [1.807, 2.05) is 29.5 Å². The normalized spacial score (nSPS) is 11.3. The highest BCUT2D eigenvalue weighted by molar-refractivity contribution is 7.25. The molecular formula is C51H33N3S. The van der Waals surface area contributed by atoms with E-state index in [9.17, 15) is 0 Å². The van der Waals surface area contributed by atoms with Gasteiger partial charge in [0.2, 0.25) is 0 Å². The van der Waals surface area contributed by atoms with Gasteiger partial charge < -0.3 is 0 Å². The third-order valence-corrected chi connectivity index (χ3v) is 11.3. The van der Waals surface area contributed by atoms with Crippen molar-refractivity contribution in [1.29, 1.82) is 0 Å². The Bertz CT molecular complexity index is 2990. The largest absolute Gasteiger partial charge is 0.208 e. The van der Waals surface area contributed by atoms with Gasteiger partial charge in [0.25, 0.3) is 0 Å². The van der Waals surface area contributed by atoms with Gasteiger partial charge >= 0.3 is 0 Å². The molecule has 10 rings (SSSR count). The lowest BCUT2D eigenvalue weighted by Crippen LogP contribution is -2.01. The van der Waals surface area contributed by atoms with Gasteiger partial charge in [0, 0.05) is 36.9 Å². The molecule has 3 nitrogen and oxygen atoms in total. The van der Waals surface area contributed by atoms with Crippen LogP contribution in [0.4, 0.5) is 0 Å². The quantitative estimate of drug-likeness (QED) is 0.165. The number of thiophene rings is 1. The van der Waals surface area contributed by atoms with Gasteiger partial charge in [0.15, 0.2) is 17.5 Å². The fourth-order valence-corrected chi connectivity index (χ4v) is 8.54. The molecule has 0 fully saturated rings. The number of fused-ring (bicyclic) bond motifs is 3. The molecule has 0 aliphatic rings. The molecule has 4 heteroatoms. The van der Waals surface area contributed by atoms with Gasteiger partial charge in [-0.1, -0.05) is 170 Å². The zero-order chi connectivity index (χ0) is 36.6. The predicted octanol–water partition coefficient (Wildman–Crippen LogP) is 13.9. The molecule has 0 saturated heterocycles. The number of hydrogen-bond acceptors (Lipinski definition) is 4. The second-order valence-electron chi connectivity index (χ2n) is 13.6. The summed E-state index contributed by atoms with van der Waals surface area (Å²) < 4.78 is 2.62. The van der Waals surface area contributed by atoms with Crippen molar-refractivity contribution in [2.75, 3.05) is 0 Å². The lowest BCUT2D eigenvalue weighted by Gasteiger charge is -2.13. The van der Waals surface area contributed by atoms with Crippen molar-refractivity contribution in [3.05, 3.63) is 200 Å². The summed E-state index contributed by atoms with van der Waals surface area (Å²) in [5, 5.41) is 2.62. The number of rotatable bonds is 7. The summed E-state index contributed by atoms with van der Waals surface area (Å²) in [7, 11) is 0. The smallest absolute Gasteiger partial charge is 0.164 e. The van der Waals surface area contributed by atoms with Crippen LogP contribution in [0.1, 0.15) is 0 Å². The average Bonchev–Trinajstić information content (AvgIpc) is 3.65. The first-order chi connectivity index (χ1) is 27.2. The fourth-order valence-electron chi connectivity index (χ4n) is 7.39. The number of nitrogens with zero attached hydrogens (tertiary/aromatic N) is 3. The molecule has 0 saturated carbocycles. The van der Waals surface area contributed by atoms with Gasteiger partial charge in [0.1, 0.15) is 0 Å². The lowest BCUT2D eigenvalue weighted by molar-refractivity contribution is 1.07. The topological polar surface area (TPSA) is 38.7 Å². The van der Waals surface area contributed by atoms with Crippen LogP contribution in [-0.4, -0.2) is 15.0 Å². The van der Waals surface area contributed by atoms with E-state index < -0.39 is 0 Å². The molecule has 0 radical (unpaired) electrons. The Balaban J connectivity index is 1.08. The van der Waals surface area contributed by atoms with E-state index in [1.54, 1.807) is 0 Å². The number of hydrogen-bond donors (Lipinski definition) is 0. The highest BCUT2D eigenvalue weighted by atomic mass is 32.1. The standard InChI is InChI=1S/C51H33N3S/c1-3-14-34(15-4-1)36-18-12-22-41(31-36)49-52-50(54-51(53-49)46-26-8-7-24-43(46)35-16-5-2-6-17-35)42-23-13-21-39(32-42)37-19-11-20-38(30-37)40-28-29-45-44-25-9-10-27-47(44)55-48(45)33-40/h1-33H. The van der Waals surface area contributed by atoms with Crippen LogP contribution in [0.2, 0.25) is 0 Å². The predicted molar refractivity (Wildman–Crippen MR) is 231 cm³/mol. The van der Waals surface area contributed by atoms with Crippen molar-refractivity contribution in [2.45, 2.75) is 0 Å². The molecule has 0 bridgehead atoms. The molecule has 8 aromatic carbocycles. The summed E-state index contributed by atoms with van der Waals surface area (Å²) in [5.41, 5.74) is 11.9. The van der Waals surface area contributed by atoms with Crippen molar-refractivity contribution >= 4 is 31.5 Å². The minimum absolute atomic E-state index is 0.626. The van der Waals surface area contributed by atoms with Crippen molar-refractivity contribution < 1.29 is 0 Å². The van der Waals surface area contributed by atoms with E-state index in [0.717, 1.165) is 50.1 Å². The molecule has 2 heterocycles. The lowest BCUT2D eigenvalue weighted by atomic mass is 9.97. The van der Waals surface area contributed by atoms with E-state index in [-0.39, 0.29) is 0 Å². The molecule has 0 aliphatic carbocycles. The molecule has 10 aromatic rings. The summed E-state index contributed by atoms with van der Waals surface area (Å²) in [4.78, 5) is 15.5. The van der Waals surface area contributed by atoms with Gasteiger partial charge in [-0.3, -0.25) is 0 Å². The van der Waals surface area contributed by atoms with Crippen molar-refractivity contribution in [3.63, 3.8) is 0 Å². The molecule has 0 N–H and O–H groups in total. The zero-order valence-electron chi connectivity index (χ0n) is 29.8. The molecular weight excluding hydrogens is 687 g/mol.